The molecule has 6 heteroatoms. The molecule has 140 valence electrons. The van der Waals surface area contributed by atoms with Gasteiger partial charge in [-0.15, -0.1) is 0 Å². The number of benzene rings is 2. The second-order valence-corrected chi connectivity index (χ2v) is 5.96. The van der Waals surface area contributed by atoms with Crippen molar-refractivity contribution in [1.82, 2.24) is 10.2 Å². The Labute approximate surface area is 154 Å². The van der Waals surface area contributed by atoms with Crippen molar-refractivity contribution < 1.29 is 14.2 Å². The summed E-state index contributed by atoms with van der Waals surface area (Å²) in [5.41, 5.74) is 2.28. The number of halogens is 1. The minimum absolute atomic E-state index is 0.286. The van der Waals surface area contributed by atoms with Crippen LogP contribution in [0.25, 0.3) is 0 Å². The summed E-state index contributed by atoms with van der Waals surface area (Å²) in [5, 5.41) is 12.5. The zero-order valence-electron chi connectivity index (χ0n) is 15.5. The number of rotatable bonds is 7. The predicted octanol–water partition coefficient (Wildman–Crippen LogP) is 2.92. The Morgan fingerprint density at radius 3 is 2.50 bits per heavy atom. The zero-order chi connectivity index (χ0) is 18.9. The maximum absolute atomic E-state index is 13.5. The molecule has 0 radical (unpaired) electrons. The lowest BCUT2D eigenvalue weighted by molar-refractivity contribution is 0.275. The number of aliphatic hydroxyl groups excluding tert-OH is 1. The smallest absolute Gasteiger partial charge is 0.194 e. The summed E-state index contributed by atoms with van der Waals surface area (Å²) in [5.74, 6) is 1.19. The minimum atomic E-state index is -0.399. The van der Waals surface area contributed by atoms with Crippen molar-refractivity contribution in [3.8, 4) is 5.75 Å². The van der Waals surface area contributed by atoms with E-state index < -0.39 is 5.82 Å². The van der Waals surface area contributed by atoms with Crippen LogP contribution >= 0.6 is 0 Å². The summed E-state index contributed by atoms with van der Waals surface area (Å²) in [6, 6.07) is 12.6. The second kappa shape index (κ2) is 9.77. The van der Waals surface area contributed by atoms with Gasteiger partial charge in [-0.3, -0.25) is 0 Å². The number of aliphatic hydroxyl groups is 1. The van der Waals surface area contributed by atoms with Gasteiger partial charge in [0.2, 0.25) is 0 Å². The largest absolute Gasteiger partial charge is 0.497 e. The van der Waals surface area contributed by atoms with E-state index in [9.17, 15) is 9.50 Å². The molecule has 0 aliphatic heterocycles. The number of guanidine groups is 1. The molecule has 2 aromatic rings. The third-order valence-electron chi connectivity index (χ3n) is 3.97. The van der Waals surface area contributed by atoms with Crippen molar-refractivity contribution in [2.24, 2.45) is 4.99 Å². The first-order valence-electron chi connectivity index (χ1n) is 8.58. The highest BCUT2D eigenvalue weighted by atomic mass is 19.1. The molecule has 0 unspecified atom stereocenters. The fourth-order valence-electron chi connectivity index (χ4n) is 2.56. The molecule has 0 aliphatic carbocycles. The van der Waals surface area contributed by atoms with Gasteiger partial charge in [0.25, 0.3) is 0 Å². The van der Waals surface area contributed by atoms with E-state index in [4.69, 9.17) is 4.74 Å². The van der Waals surface area contributed by atoms with E-state index in [0.717, 1.165) is 29.4 Å². The van der Waals surface area contributed by atoms with Crippen LogP contribution in [0.2, 0.25) is 0 Å². The van der Waals surface area contributed by atoms with Crippen LogP contribution in [0.5, 0.6) is 5.75 Å². The lowest BCUT2D eigenvalue weighted by Crippen LogP contribution is -2.38. The molecule has 5 nitrogen and oxygen atoms in total. The first kappa shape index (κ1) is 19.7. The number of hydrogen-bond donors (Lipinski definition) is 2. The number of methoxy groups -OCH3 is 1. The average Bonchev–Trinajstić information content (AvgIpc) is 2.66. The molecule has 0 atom stereocenters. The Bertz CT molecular complexity index is 732. The van der Waals surface area contributed by atoms with Crippen LogP contribution in [0.4, 0.5) is 4.39 Å². The molecule has 2 aromatic carbocycles. The third kappa shape index (κ3) is 5.46. The van der Waals surface area contributed by atoms with E-state index in [-0.39, 0.29) is 12.2 Å². The summed E-state index contributed by atoms with van der Waals surface area (Å²) < 4.78 is 18.7. The van der Waals surface area contributed by atoms with E-state index in [1.807, 2.05) is 43.1 Å². The normalized spacial score (nSPS) is 11.3. The quantitative estimate of drug-likeness (QED) is 0.590. The van der Waals surface area contributed by atoms with Crippen LogP contribution in [0.1, 0.15) is 23.6 Å². The molecule has 2 N–H and O–H groups in total. The molecule has 2 rings (SSSR count). The van der Waals surface area contributed by atoms with Gasteiger partial charge in [0, 0.05) is 25.7 Å². The summed E-state index contributed by atoms with van der Waals surface area (Å²) in [6.45, 7) is 3.54. The second-order valence-electron chi connectivity index (χ2n) is 5.96. The van der Waals surface area contributed by atoms with E-state index in [2.05, 4.69) is 10.3 Å². The standard InChI is InChI=1S/C20H26FN3O2/c1-4-22-20(23-12-16-7-10-19(21)17(11-16)14-25)24(2)13-15-5-8-18(26-3)9-6-15/h5-11,25H,4,12-14H2,1-3H3,(H,22,23). The average molecular weight is 359 g/mol. The van der Waals surface area contributed by atoms with Gasteiger partial charge in [0.05, 0.1) is 20.3 Å². The van der Waals surface area contributed by atoms with Crippen molar-refractivity contribution in [3.05, 3.63) is 65.0 Å². The van der Waals surface area contributed by atoms with Gasteiger partial charge >= 0.3 is 0 Å². The van der Waals surface area contributed by atoms with Crippen molar-refractivity contribution >= 4 is 5.96 Å². The van der Waals surface area contributed by atoms with Gasteiger partial charge in [0.1, 0.15) is 11.6 Å². The number of nitrogens with zero attached hydrogens (tertiary/aromatic N) is 2. The van der Waals surface area contributed by atoms with Gasteiger partial charge in [-0.25, -0.2) is 9.38 Å². The fraction of sp³-hybridized carbons (Fsp3) is 0.350. The van der Waals surface area contributed by atoms with Gasteiger partial charge in [-0.05, 0) is 42.3 Å². The predicted molar refractivity (Wildman–Crippen MR) is 102 cm³/mol. The molecule has 0 aromatic heterocycles. The lowest BCUT2D eigenvalue weighted by atomic mass is 10.1. The van der Waals surface area contributed by atoms with Crippen molar-refractivity contribution in [2.75, 3.05) is 20.7 Å². The van der Waals surface area contributed by atoms with Crippen molar-refractivity contribution in [2.45, 2.75) is 26.6 Å². The summed E-state index contributed by atoms with van der Waals surface area (Å²) in [7, 11) is 3.62. The SMILES string of the molecule is CCNC(=NCc1ccc(F)c(CO)c1)N(C)Cc1ccc(OC)cc1. The molecular formula is C20H26FN3O2. The van der Waals surface area contributed by atoms with Gasteiger partial charge in [-0.1, -0.05) is 18.2 Å². The Morgan fingerprint density at radius 1 is 1.19 bits per heavy atom. The monoisotopic (exact) mass is 359 g/mol. The first-order valence-corrected chi connectivity index (χ1v) is 8.58. The molecule has 0 saturated carbocycles. The van der Waals surface area contributed by atoms with Crippen LogP contribution < -0.4 is 10.1 Å². The van der Waals surface area contributed by atoms with Crippen LogP contribution in [-0.4, -0.2) is 36.7 Å². The Hall–Kier alpha value is -2.60. The Morgan fingerprint density at radius 2 is 1.88 bits per heavy atom. The lowest BCUT2D eigenvalue weighted by Gasteiger charge is -2.22. The molecule has 0 amide bonds. The highest BCUT2D eigenvalue weighted by Gasteiger charge is 2.08. The number of ether oxygens (including phenoxy) is 1. The van der Waals surface area contributed by atoms with Crippen LogP contribution in [0.15, 0.2) is 47.5 Å². The highest BCUT2D eigenvalue weighted by molar-refractivity contribution is 5.79. The molecule has 0 saturated heterocycles. The maximum Gasteiger partial charge on any atom is 0.194 e. The Balaban J connectivity index is 2.09. The fourth-order valence-corrected chi connectivity index (χ4v) is 2.56. The summed E-state index contributed by atoms with van der Waals surface area (Å²) in [4.78, 5) is 6.65. The highest BCUT2D eigenvalue weighted by Crippen LogP contribution is 2.14. The first-order chi connectivity index (χ1) is 12.6. The minimum Gasteiger partial charge on any atom is -0.497 e. The zero-order valence-corrected chi connectivity index (χ0v) is 15.5. The molecule has 26 heavy (non-hydrogen) atoms. The molecule has 0 heterocycles. The third-order valence-corrected chi connectivity index (χ3v) is 3.97. The number of nitrogens with one attached hydrogen (secondary N) is 1. The van der Waals surface area contributed by atoms with Crippen molar-refractivity contribution in [1.29, 1.82) is 0 Å². The number of hydrogen-bond acceptors (Lipinski definition) is 3. The molecule has 0 bridgehead atoms. The number of aliphatic imine (C=N–C) groups is 1. The summed E-state index contributed by atoms with van der Waals surface area (Å²) in [6.07, 6.45) is 0. The van der Waals surface area contributed by atoms with E-state index in [1.165, 1.54) is 6.07 Å². The Kier molecular flexibility index (Phi) is 7.41. The summed E-state index contributed by atoms with van der Waals surface area (Å²) >= 11 is 0. The van der Waals surface area contributed by atoms with Crippen LogP contribution in [-0.2, 0) is 19.7 Å². The van der Waals surface area contributed by atoms with E-state index in [0.29, 0.717) is 13.1 Å². The van der Waals surface area contributed by atoms with Gasteiger partial charge in [0.15, 0.2) is 5.96 Å². The topological polar surface area (TPSA) is 57.1 Å². The van der Waals surface area contributed by atoms with Gasteiger partial charge < -0.3 is 20.1 Å². The van der Waals surface area contributed by atoms with Crippen LogP contribution in [0, 0.1) is 5.82 Å². The maximum atomic E-state index is 13.5. The molecule has 0 aliphatic rings. The van der Waals surface area contributed by atoms with E-state index in [1.54, 1.807) is 19.2 Å². The van der Waals surface area contributed by atoms with Gasteiger partial charge in [-0.2, -0.15) is 0 Å². The van der Waals surface area contributed by atoms with E-state index >= 15 is 0 Å². The molecule has 0 fully saturated rings. The van der Waals surface area contributed by atoms with Crippen LogP contribution in [0.3, 0.4) is 0 Å². The van der Waals surface area contributed by atoms with Crippen molar-refractivity contribution in [3.63, 3.8) is 0 Å². The molecular weight excluding hydrogens is 333 g/mol. The molecule has 0 spiro atoms.